The average molecular weight is 329 g/mol. The molecule has 1 amide bonds. The maximum atomic E-state index is 12.8. The molecule has 0 aliphatic carbocycles. The van der Waals surface area contributed by atoms with Gasteiger partial charge in [0.2, 0.25) is 5.91 Å². The summed E-state index contributed by atoms with van der Waals surface area (Å²) in [5.74, 6) is 1.31. The van der Waals surface area contributed by atoms with Crippen LogP contribution in [0.1, 0.15) is 38.7 Å². The van der Waals surface area contributed by atoms with Crippen LogP contribution in [0.5, 0.6) is 0 Å². The number of likely N-dealkylation sites (N-methyl/N-ethyl adjacent to an activating group) is 1. The summed E-state index contributed by atoms with van der Waals surface area (Å²) in [5, 5.41) is 0. The van der Waals surface area contributed by atoms with E-state index >= 15 is 0 Å². The van der Waals surface area contributed by atoms with Gasteiger partial charge in [0.05, 0.1) is 0 Å². The number of nitrogens with zero attached hydrogens (tertiary/aromatic N) is 3. The molecule has 0 N–H and O–H groups in total. The molecule has 0 bridgehead atoms. The van der Waals surface area contributed by atoms with Crippen molar-refractivity contribution in [1.29, 1.82) is 0 Å². The van der Waals surface area contributed by atoms with Gasteiger partial charge in [0.1, 0.15) is 0 Å². The van der Waals surface area contributed by atoms with Gasteiger partial charge in [-0.25, -0.2) is 0 Å². The summed E-state index contributed by atoms with van der Waals surface area (Å²) in [5.41, 5.74) is 2.48. The van der Waals surface area contributed by atoms with Crippen LogP contribution in [0.2, 0.25) is 0 Å². The molecule has 1 atom stereocenters. The van der Waals surface area contributed by atoms with Gasteiger partial charge in [0.25, 0.3) is 0 Å². The maximum Gasteiger partial charge on any atom is 0.228 e. The van der Waals surface area contributed by atoms with Gasteiger partial charge in [-0.05, 0) is 24.1 Å². The van der Waals surface area contributed by atoms with Crippen molar-refractivity contribution >= 4 is 11.6 Å². The van der Waals surface area contributed by atoms with E-state index < -0.39 is 0 Å². The molecule has 0 radical (unpaired) electrons. The number of amides is 1. The summed E-state index contributed by atoms with van der Waals surface area (Å²) in [7, 11) is 0. The number of benzene rings is 1. The lowest BCUT2D eigenvalue weighted by atomic mass is 9.90. The van der Waals surface area contributed by atoms with E-state index in [1.165, 1.54) is 5.56 Å². The van der Waals surface area contributed by atoms with Crippen molar-refractivity contribution in [2.75, 3.05) is 50.7 Å². The second-order valence-electron chi connectivity index (χ2n) is 7.44. The van der Waals surface area contributed by atoms with Crippen LogP contribution >= 0.6 is 0 Å². The van der Waals surface area contributed by atoms with Crippen LogP contribution < -0.4 is 4.90 Å². The number of rotatable bonds is 5. The number of piperazine rings is 1. The molecule has 1 saturated heterocycles. The van der Waals surface area contributed by atoms with Crippen molar-refractivity contribution in [3.63, 3.8) is 0 Å². The van der Waals surface area contributed by atoms with Crippen LogP contribution in [0.3, 0.4) is 0 Å². The molecule has 0 aromatic heterocycles. The van der Waals surface area contributed by atoms with E-state index in [9.17, 15) is 4.79 Å². The van der Waals surface area contributed by atoms with Gasteiger partial charge in [0, 0.05) is 57.3 Å². The molecular weight excluding hydrogens is 298 g/mol. The Hall–Kier alpha value is -1.39. The first-order chi connectivity index (χ1) is 11.6. The first kappa shape index (κ1) is 17.4. The predicted octanol–water partition coefficient (Wildman–Crippen LogP) is 2.80. The number of anilines is 1. The smallest absolute Gasteiger partial charge is 0.228 e. The Bertz CT molecular complexity index is 564. The number of carbonyl (C=O) groups excluding carboxylic acids is 1. The summed E-state index contributed by atoms with van der Waals surface area (Å²) < 4.78 is 0. The van der Waals surface area contributed by atoms with E-state index in [2.05, 4.69) is 48.8 Å². The Morgan fingerprint density at radius 1 is 1.12 bits per heavy atom. The fourth-order valence-corrected chi connectivity index (χ4v) is 3.96. The Morgan fingerprint density at radius 3 is 2.46 bits per heavy atom. The Labute approximate surface area is 146 Å². The standard InChI is InChI=1S/C20H31N3O/c1-4-21-11-13-22(14-12-21)10-9-20(24)23-15-18(16(2)3)17-7-5-6-8-19(17)23/h5-8,16,18H,4,9-15H2,1-3H3/t18-/m1/s1. The molecular formula is C20H31N3O. The van der Waals surface area contributed by atoms with Crippen LogP contribution in [0.15, 0.2) is 24.3 Å². The first-order valence-electron chi connectivity index (χ1n) is 9.44. The van der Waals surface area contributed by atoms with E-state index in [1.54, 1.807) is 0 Å². The minimum Gasteiger partial charge on any atom is -0.311 e. The summed E-state index contributed by atoms with van der Waals surface area (Å²) in [6.07, 6.45) is 0.630. The minimum atomic E-state index is 0.281. The van der Waals surface area contributed by atoms with Crippen molar-refractivity contribution in [3.05, 3.63) is 29.8 Å². The maximum absolute atomic E-state index is 12.8. The second-order valence-corrected chi connectivity index (χ2v) is 7.44. The highest BCUT2D eigenvalue weighted by Crippen LogP contribution is 2.40. The zero-order chi connectivity index (χ0) is 17.1. The fraction of sp³-hybridized carbons (Fsp3) is 0.650. The largest absolute Gasteiger partial charge is 0.311 e. The highest BCUT2D eigenvalue weighted by Gasteiger charge is 2.33. The summed E-state index contributed by atoms with van der Waals surface area (Å²) in [6, 6.07) is 8.44. The Morgan fingerprint density at radius 2 is 1.79 bits per heavy atom. The van der Waals surface area contributed by atoms with Gasteiger partial charge < -0.3 is 14.7 Å². The van der Waals surface area contributed by atoms with Crippen molar-refractivity contribution in [1.82, 2.24) is 9.80 Å². The molecule has 4 heteroatoms. The molecule has 2 aliphatic rings. The Kier molecular flexibility index (Phi) is 5.57. The zero-order valence-electron chi connectivity index (χ0n) is 15.4. The van der Waals surface area contributed by atoms with E-state index in [1.807, 2.05) is 11.0 Å². The van der Waals surface area contributed by atoms with E-state index in [-0.39, 0.29) is 5.91 Å². The van der Waals surface area contributed by atoms with Crippen LogP contribution in [-0.2, 0) is 4.79 Å². The number of fused-ring (bicyclic) bond motifs is 1. The first-order valence-corrected chi connectivity index (χ1v) is 9.44. The molecule has 0 saturated carbocycles. The molecule has 1 fully saturated rings. The highest BCUT2D eigenvalue weighted by atomic mass is 16.2. The minimum absolute atomic E-state index is 0.281. The molecule has 24 heavy (non-hydrogen) atoms. The van der Waals surface area contributed by atoms with Crippen LogP contribution in [0.25, 0.3) is 0 Å². The normalized spacial score (nSPS) is 22.2. The molecule has 0 unspecified atom stereocenters. The van der Waals surface area contributed by atoms with Crippen LogP contribution in [0, 0.1) is 5.92 Å². The van der Waals surface area contributed by atoms with Gasteiger partial charge in [0.15, 0.2) is 0 Å². The van der Waals surface area contributed by atoms with Gasteiger partial charge in [-0.3, -0.25) is 4.79 Å². The third kappa shape index (κ3) is 3.65. The third-order valence-electron chi connectivity index (χ3n) is 5.67. The molecule has 132 valence electrons. The summed E-state index contributed by atoms with van der Waals surface area (Å²) in [4.78, 5) is 19.8. The van der Waals surface area contributed by atoms with Gasteiger partial charge in [-0.15, -0.1) is 0 Å². The van der Waals surface area contributed by atoms with Crippen molar-refractivity contribution in [2.24, 2.45) is 5.92 Å². The molecule has 2 aliphatic heterocycles. The average Bonchev–Trinajstić information content (AvgIpc) is 3.00. The lowest BCUT2D eigenvalue weighted by molar-refractivity contribution is -0.119. The van der Waals surface area contributed by atoms with Gasteiger partial charge in [-0.1, -0.05) is 39.0 Å². The molecule has 1 aromatic rings. The molecule has 4 nitrogen and oxygen atoms in total. The number of carbonyl (C=O) groups is 1. The quantitative estimate of drug-likeness (QED) is 0.831. The van der Waals surface area contributed by atoms with Crippen LogP contribution in [-0.4, -0.2) is 61.5 Å². The lowest BCUT2D eigenvalue weighted by Gasteiger charge is -2.34. The second kappa shape index (κ2) is 7.66. The predicted molar refractivity (Wildman–Crippen MR) is 99.5 cm³/mol. The molecule has 2 heterocycles. The van der Waals surface area contributed by atoms with Gasteiger partial charge in [-0.2, -0.15) is 0 Å². The topological polar surface area (TPSA) is 26.8 Å². The van der Waals surface area contributed by atoms with Gasteiger partial charge >= 0.3 is 0 Å². The zero-order valence-corrected chi connectivity index (χ0v) is 15.4. The number of hydrogen-bond acceptors (Lipinski definition) is 3. The van der Waals surface area contributed by atoms with Crippen LogP contribution in [0.4, 0.5) is 5.69 Å². The fourth-order valence-electron chi connectivity index (χ4n) is 3.96. The Balaban J connectivity index is 1.58. The van der Waals surface area contributed by atoms with E-state index in [4.69, 9.17) is 0 Å². The number of para-hydroxylation sites is 1. The summed E-state index contributed by atoms with van der Waals surface area (Å²) >= 11 is 0. The SMILES string of the molecule is CCN1CCN(CCC(=O)N2C[C@H](C(C)C)c3ccccc32)CC1. The van der Waals surface area contributed by atoms with Crippen molar-refractivity contribution in [2.45, 2.75) is 33.1 Å². The molecule has 3 rings (SSSR count). The summed E-state index contributed by atoms with van der Waals surface area (Å²) in [6.45, 7) is 14.0. The monoisotopic (exact) mass is 329 g/mol. The van der Waals surface area contributed by atoms with Crippen molar-refractivity contribution in [3.8, 4) is 0 Å². The highest BCUT2D eigenvalue weighted by molar-refractivity contribution is 5.96. The molecule has 0 spiro atoms. The lowest BCUT2D eigenvalue weighted by Crippen LogP contribution is -2.47. The van der Waals surface area contributed by atoms with E-state index in [0.29, 0.717) is 18.3 Å². The molecule has 1 aromatic carbocycles. The third-order valence-corrected chi connectivity index (χ3v) is 5.67. The van der Waals surface area contributed by atoms with Crippen molar-refractivity contribution < 1.29 is 4.79 Å². The van der Waals surface area contributed by atoms with E-state index in [0.717, 1.165) is 51.5 Å². The number of hydrogen-bond donors (Lipinski definition) is 0.